The number of anilines is 1. The molecular formula is C23H27N3O4. The van der Waals surface area contributed by atoms with Gasteiger partial charge in [0, 0.05) is 30.7 Å². The van der Waals surface area contributed by atoms with Crippen molar-refractivity contribution in [3.05, 3.63) is 58.4 Å². The Morgan fingerprint density at radius 3 is 2.63 bits per heavy atom. The highest BCUT2D eigenvalue weighted by atomic mass is 16.5. The van der Waals surface area contributed by atoms with Crippen LogP contribution in [0.4, 0.5) is 5.69 Å². The summed E-state index contributed by atoms with van der Waals surface area (Å²) in [5.41, 5.74) is 4.09. The van der Waals surface area contributed by atoms with Crippen molar-refractivity contribution < 1.29 is 19.1 Å². The Balaban J connectivity index is 2.10. The van der Waals surface area contributed by atoms with Gasteiger partial charge in [0.2, 0.25) is 0 Å². The average Bonchev–Trinajstić information content (AvgIpc) is 2.96. The lowest BCUT2D eigenvalue weighted by Crippen LogP contribution is -2.30. The summed E-state index contributed by atoms with van der Waals surface area (Å²) >= 11 is 0. The van der Waals surface area contributed by atoms with Crippen LogP contribution in [0.5, 0.6) is 0 Å². The molecule has 2 rings (SSSR count). The van der Waals surface area contributed by atoms with Crippen LogP contribution in [0, 0.1) is 32.1 Å². The fourth-order valence-electron chi connectivity index (χ4n) is 3.04. The van der Waals surface area contributed by atoms with Crippen LogP contribution in [-0.4, -0.2) is 36.3 Å². The average molecular weight is 409 g/mol. The molecule has 0 aliphatic carbocycles. The van der Waals surface area contributed by atoms with Crippen molar-refractivity contribution in [1.82, 2.24) is 4.57 Å². The minimum absolute atomic E-state index is 0.169. The van der Waals surface area contributed by atoms with Gasteiger partial charge in [-0.05, 0) is 63.1 Å². The van der Waals surface area contributed by atoms with E-state index in [-0.39, 0.29) is 5.57 Å². The van der Waals surface area contributed by atoms with E-state index in [2.05, 4.69) is 5.32 Å². The first kappa shape index (κ1) is 22.9. The van der Waals surface area contributed by atoms with Gasteiger partial charge in [-0.15, -0.1) is 0 Å². The van der Waals surface area contributed by atoms with Crippen LogP contribution in [-0.2, 0) is 25.6 Å². The van der Waals surface area contributed by atoms with E-state index in [4.69, 9.17) is 9.47 Å². The SMILES string of the molecule is COCCn1c(C)cc(/C=C(\C#N)C(=O)O[C@@H](C)C(=O)Nc2cccc(C)c2)c1C. The van der Waals surface area contributed by atoms with Gasteiger partial charge in [0.1, 0.15) is 11.6 Å². The predicted octanol–water partition coefficient (Wildman–Crippen LogP) is 3.54. The first-order valence-corrected chi connectivity index (χ1v) is 9.62. The van der Waals surface area contributed by atoms with Crippen molar-refractivity contribution >= 4 is 23.6 Å². The van der Waals surface area contributed by atoms with Crippen molar-refractivity contribution in [1.29, 1.82) is 5.26 Å². The molecule has 0 saturated carbocycles. The van der Waals surface area contributed by atoms with E-state index in [0.717, 1.165) is 22.5 Å². The maximum atomic E-state index is 12.5. The molecule has 158 valence electrons. The Labute approximate surface area is 176 Å². The first-order chi connectivity index (χ1) is 14.3. The van der Waals surface area contributed by atoms with Gasteiger partial charge in [-0.1, -0.05) is 12.1 Å². The Morgan fingerprint density at radius 1 is 1.27 bits per heavy atom. The van der Waals surface area contributed by atoms with Crippen LogP contribution >= 0.6 is 0 Å². The number of aryl methyl sites for hydroxylation is 2. The highest BCUT2D eigenvalue weighted by Crippen LogP contribution is 2.19. The summed E-state index contributed by atoms with van der Waals surface area (Å²) in [6, 6.07) is 11.1. The first-order valence-electron chi connectivity index (χ1n) is 9.62. The minimum atomic E-state index is -1.05. The van der Waals surface area contributed by atoms with Crippen LogP contribution in [0.25, 0.3) is 6.08 Å². The second-order valence-electron chi connectivity index (χ2n) is 7.05. The number of hydrogen-bond donors (Lipinski definition) is 1. The molecule has 1 heterocycles. The van der Waals surface area contributed by atoms with Crippen molar-refractivity contribution in [3.63, 3.8) is 0 Å². The second-order valence-corrected chi connectivity index (χ2v) is 7.05. The van der Waals surface area contributed by atoms with Crippen molar-refractivity contribution in [2.75, 3.05) is 19.0 Å². The third-order valence-electron chi connectivity index (χ3n) is 4.71. The number of nitrogens with one attached hydrogen (secondary N) is 1. The number of hydrogen-bond acceptors (Lipinski definition) is 5. The molecule has 1 atom stereocenters. The van der Waals surface area contributed by atoms with Gasteiger partial charge in [0.05, 0.1) is 6.61 Å². The number of ether oxygens (including phenoxy) is 2. The highest BCUT2D eigenvalue weighted by molar-refractivity contribution is 6.01. The number of rotatable bonds is 8. The summed E-state index contributed by atoms with van der Waals surface area (Å²) in [7, 11) is 1.63. The number of methoxy groups -OCH3 is 1. The number of aromatic nitrogens is 1. The zero-order valence-corrected chi connectivity index (χ0v) is 18.0. The molecule has 7 nitrogen and oxygen atoms in total. The lowest BCUT2D eigenvalue weighted by atomic mass is 10.1. The van der Waals surface area contributed by atoms with Crippen molar-refractivity contribution in [2.45, 2.75) is 40.3 Å². The third kappa shape index (κ3) is 5.82. The molecule has 1 N–H and O–H groups in total. The van der Waals surface area contributed by atoms with Crippen molar-refractivity contribution in [3.8, 4) is 6.07 Å². The number of benzene rings is 1. The second kappa shape index (κ2) is 10.4. The molecule has 0 bridgehead atoms. The summed E-state index contributed by atoms with van der Waals surface area (Å²) in [5, 5.41) is 12.1. The van der Waals surface area contributed by atoms with Crippen LogP contribution in [0.15, 0.2) is 35.9 Å². The highest BCUT2D eigenvalue weighted by Gasteiger charge is 2.21. The Morgan fingerprint density at radius 2 is 2.00 bits per heavy atom. The summed E-state index contributed by atoms with van der Waals surface area (Å²) in [6.45, 7) is 8.46. The van der Waals surface area contributed by atoms with Gasteiger partial charge in [0.15, 0.2) is 6.10 Å². The summed E-state index contributed by atoms with van der Waals surface area (Å²) in [4.78, 5) is 24.8. The Hall–Kier alpha value is -3.37. The molecule has 0 unspecified atom stereocenters. The maximum absolute atomic E-state index is 12.5. The topological polar surface area (TPSA) is 93.3 Å². The zero-order chi connectivity index (χ0) is 22.3. The fourth-order valence-corrected chi connectivity index (χ4v) is 3.04. The third-order valence-corrected chi connectivity index (χ3v) is 4.71. The molecule has 2 aromatic rings. The van der Waals surface area contributed by atoms with E-state index >= 15 is 0 Å². The summed E-state index contributed by atoms with van der Waals surface area (Å²) < 4.78 is 12.4. The normalized spacial score (nSPS) is 12.2. The lowest BCUT2D eigenvalue weighted by Gasteiger charge is -2.13. The van der Waals surface area contributed by atoms with Crippen LogP contribution in [0.2, 0.25) is 0 Å². The lowest BCUT2D eigenvalue weighted by molar-refractivity contribution is -0.148. The molecule has 0 saturated heterocycles. The summed E-state index contributed by atoms with van der Waals surface area (Å²) in [5.74, 6) is -1.31. The van der Waals surface area contributed by atoms with Gasteiger partial charge < -0.3 is 19.4 Å². The van der Waals surface area contributed by atoms with Crippen LogP contribution in [0.1, 0.15) is 29.4 Å². The number of carbonyl (C=O) groups excluding carboxylic acids is 2. The Bertz CT molecular complexity index is 998. The largest absolute Gasteiger partial charge is 0.448 e. The molecule has 0 aliphatic rings. The van der Waals surface area contributed by atoms with E-state index in [1.165, 1.54) is 13.0 Å². The zero-order valence-electron chi connectivity index (χ0n) is 18.0. The van der Waals surface area contributed by atoms with Gasteiger partial charge in [-0.3, -0.25) is 4.79 Å². The molecule has 0 radical (unpaired) electrons. The number of carbonyl (C=O) groups is 2. The van der Waals surface area contributed by atoms with Gasteiger partial charge >= 0.3 is 5.97 Å². The number of nitrogens with zero attached hydrogens (tertiary/aromatic N) is 2. The van der Waals surface area contributed by atoms with E-state index < -0.39 is 18.0 Å². The molecule has 1 aromatic carbocycles. The molecule has 0 aliphatic heterocycles. The van der Waals surface area contributed by atoms with E-state index in [1.807, 2.05) is 55.7 Å². The smallest absolute Gasteiger partial charge is 0.349 e. The van der Waals surface area contributed by atoms with Crippen LogP contribution in [0.3, 0.4) is 0 Å². The quantitative estimate of drug-likeness (QED) is 0.409. The minimum Gasteiger partial charge on any atom is -0.448 e. The predicted molar refractivity (Wildman–Crippen MR) is 115 cm³/mol. The van der Waals surface area contributed by atoms with E-state index in [1.54, 1.807) is 13.2 Å². The van der Waals surface area contributed by atoms with Crippen LogP contribution < -0.4 is 5.32 Å². The standard InChI is InChI=1S/C23H27N3O4/c1-15-7-6-8-21(11-15)25-22(27)18(4)30-23(28)20(14-24)13-19-12-16(2)26(17(19)3)9-10-29-5/h6-8,11-13,18H,9-10H2,1-5H3,(H,25,27)/b20-13+/t18-/m0/s1. The van der Waals surface area contributed by atoms with Gasteiger partial charge in [0.25, 0.3) is 5.91 Å². The van der Waals surface area contributed by atoms with E-state index in [0.29, 0.717) is 18.8 Å². The molecule has 0 spiro atoms. The molecule has 30 heavy (non-hydrogen) atoms. The van der Waals surface area contributed by atoms with Crippen molar-refractivity contribution in [2.24, 2.45) is 0 Å². The molecule has 1 amide bonds. The summed E-state index contributed by atoms with van der Waals surface area (Å²) in [6.07, 6.45) is 0.433. The maximum Gasteiger partial charge on any atom is 0.349 e. The Kier molecular flexibility index (Phi) is 7.96. The fraction of sp³-hybridized carbons (Fsp3) is 0.348. The van der Waals surface area contributed by atoms with E-state index in [9.17, 15) is 14.9 Å². The molecular weight excluding hydrogens is 382 g/mol. The monoisotopic (exact) mass is 409 g/mol. The molecule has 7 heteroatoms. The molecule has 1 aromatic heterocycles. The number of esters is 1. The van der Waals surface area contributed by atoms with Gasteiger partial charge in [-0.25, -0.2) is 4.79 Å². The van der Waals surface area contributed by atoms with Gasteiger partial charge in [-0.2, -0.15) is 5.26 Å². The molecule has 0 fully saturated rings. The number of nitriles is 1. The number of amides is 1.